The van der Waals surface area contributed by atoms with E-state index >= 15 is 0 Å². The molecule has 0 atom stereocenters. The van der Waals surface area contributed by atoms with E-state index in [2.05, 4.69) is 71.0 Å². The van der Waals surface area contributed by atoms with E-state index in [1.165, 1.54) is 0 Å². The molecule has 3 heterocycles. The van der Waals surface area contributed by atoms with Gasteiger partial charge in [-0.3, -0.25) is 0 Å². The number of hydrogen-bond donors (Lipinski definition) is 2. The minimum absolute atomic E-state index is 0.0110. The molecular formula is C33H48N8OSi. The second-order valence-corrected chi connectivity index (χ2v) is 18.3. The number of methoxy groups -OCH3 is 1. The number of nitrogens with one attached hydrogen (secondary N) is 1. The summed E-state index contributed by atoms with van der Waals surface area (Å²) in [6.07, 6.45) is 0. The van der Waals surface area contributed by atoms with Gasteiger partial charge in [-0.1, -0.05) is 53.3 Å². The standard InChI is InChI=1S/C33H48N8OSi/c1-22(2)25-19-30(41-21-33(3,4)31-27(41)13-12-23(35-31)14-17-43(9,10)11)38-32(36-25)37-26-18-24(34)28(20-29(26)42-8)40(7)16-15-39(5)6/h12-13,18-20,22H,15-16,21,34H2,1-11H3,(H,36,37,38)/i19D. The lowest BCUT2D eigenvalue weighted by molar-refractivity contribution is 0.413. The Morgan fingerprint density at radius 3 is 2.49 bits per heavy atom. The zero-order valence-electron chi connectivity index (χ0n) is 28.7. The molecule has 0 unspecified atom stereocenters. The van der Waals surface area contributed by atoms with Crippen LogP contribution in [0.1, 0.15) is 52.1 Å². The summed E-state index contributed by atoms with van der Waals surface area (Å²) in [5.41, 5.74) is 15.2. The van der Waals surface area contributed by atoms with Gasteiger partial charge in [0.15, 0.2) is 0 Å². The highest BCUT2D eigenvalue weighted by molar-refractivity contribution is 6.83. The monoisotopic (exact) mass is 601 g/mol. The first-order valence-corrected chi connectivity index (χ1v) is 18.3. The molecule has 43 heavy (non-hydrogen) atoms. The molecule has 0 fully saturated rings. The molecule has 10 heteroatoms. The minimum Gasteiger partial charge on any atom is -0.494 e. The number of hydrogen-bond acceptors (Lipinski definition) is 9. The van der Waals surface area contributed by atoms with E-state index in [1.807, 2.05) is 53.2 Å². The molecule has 0 spiro atoms. The van der Waals surface area contributed by atoms with Crippen molar-refractivity contribution in [1.29, 1.82) is 0 Å². The molecule has 3 aromatic rings. The lowest BCUT2D eigenvalue weighted by Gasteiger charge is -2.25. The molecule has 1 aromatic carbocycles. The van der Waals surface area contributed by atoms with E-state index < -0.39 is 8.07 Å². The minimum atomic E-state index is -1.54. The third kappa shape index (κ3) is 7.59. The first kappa shape index (κ1) is 30.6. The maximum atomic E-state index is 9.14. The van der Waals surface area contributed by atoms with E-state index in [0.29, 0.717) is 47.2 Å². The summed E-state index contributed by atoms with van der Waals surface area (Å²) in [7, 11) is 6.21. The van der Waals surface area contributed by atoms with Gasteiger partial charge >= 0.3 is 0 Å². The zero-order chi connectivity index (χ0) is 32.6. The number of nitrogens with two attached hydrogens (primary N) is 1. The number of anilines is 6. The Balaban J connectivity index is 1.75. The van der Waals surface area contributed by atoms with E-state index in [-0.39, 0.29) is 11.3 Å². The van der Waals surface area contributed by atoms with Crippen LogP contribution in [0, 0.1) is 11.5 Å². The van der Waals surface area contributed by atoms with Crippen LogP contribution in [0.3, 0.4) is 0 Å². The van der Waals surface area contributed by atoms with Gasteiger partial charge in [-0.05, 0) is 38.2 Å². The molecule has 1 aliphatic rings. The van der Waals surface area contributed by atoms with Crippen molar-refractivity contribution in [2.24, 2.45) is 0 Å². The van der Waals surface area contributed by atoms with Crippen LogP contribution in [-0.2, 0) is 5.41 Å². The molecule has 0 saturated carbocycles. The van der Waals surface area contributed by atoms with Crippen LogP contribution >= 0.6 is 0 Å². The van der Waals surface area contributed by atoms with Crippen LogP contribution in [0.5, 0.6) is 5.75 Å². The SMILES string of the molecule is [2H]c1c(C(C)C)nc(Nc2cc(N)c(N(C)CCN(C)C)cc2OC)nc1N1CC(C)(C)c2nc(C#C[Si](C)(C)C)ccc21. The highest BCUT2D eigenvalue weighted by Gasteiger charge is 2.38. The van der Waals surface area contributed by atoms with Gasteiger partial charge in [0.25, 0.3) is 0 Å². The topological polar surface area (TPSA) is 95.7 Å². The Hall–Kier alpha value is -3.81. The largest absolute Gasteiger partial charge is 0.494 e. The van der Waals surface area contributed by atoms with Gasteiger partial charge < -0.3 is 30.5 Å². The third-order valence-electron chi connectivity index (χ3n) is 7.29. The average molecular weight is 602 g/mol. The highest BCUT2D eigenvalue weighted by Crippen LogP contribution is 2.43. The number of nitrogen functional groups attached to an aromatic ring is 1. The summed E-state index contributed by atoms with van der Waals surface area (Å²) < 4.78 is 14.9. The van der Waals surface area contributed by atoms with Crippen molar-refractivity contribution in [3.63, 3.8) is 0 Å². The average Bonchev–Trinajstić information content (AvgIpc) is 3.20. The number of benzene rings is 1. The lowest BCUT2D eigenvalue weighted by atomic mass is 9.91. The first-order valence-electron chi connectivity index (χ1n) is 15.3. The van der Waals surface area contributed by atoms with Crippen LogP contribution in [0.25, 0.3) is 0 Å². The van der Waals surface area contributed by atoms with Crippen LogP contribution in [0.4, 0.5) is 34.5 Å². The van der Waals surface area contributed by atoms with Gasteiger partial charge in [-0.15, -0.1) is 5.54 Å². The molecule has 0 saturated heterocycles. The summed E-state index contributed by atoms with van der Waals surface area (Å²) in [6, 6.07) is 8.13. The Bertz CT molecular complexity index is 1590. The van der Waals surface area contributed by atoms with Gasteiger partial charge in [0.1, 0.15) is 25.3 Å². The molecule has 0 amide bonds. The number of rotatable bonds is 9. The molecule has 4 rings (SSSR count). The molecule has 230 valence electrons. The third-order valence-corrected chi connectivity index (χ3v) is 8.17. The fourth-order valence-electron chi connectivity index (χ4n) is 4.87. The van der Waals surface area contributed by atoms with Crippen molar-refractivity contribution < 1.29 is 6.11 Å². The molecule has 2 aromatic heterocycles. The number of likely N-dealkylation sites (N-methyl/N-ethyl adjacent to an activating group) is 2. The van der Waals surface area contributed by atoms with E-state index in [1.54, 1.807) is 7.11 Å². The van der Waals surface area contributed by atoms with E-state index in [0.717, 1.165) is 35.9 Å². The number of ether oxygens (including phenoxy) is 1. The van der Waals surface area contributed by atoms with Gasteiger partial charge in [0.05, 0.1) is 42.6 Å². The molecule has 0 aliphatic carbocycles. The van der Waals surface area contributed by atoms with Crippen molar-refractivity contribution in [3.05, 3.63) is 47.4 Å². The van der Waals surface area contributed by atoms with Gasteiger partial charge in [-0.25, -0.2) is 9.97 Å². The summed E-state index contributed by atoms with van der Waals surface area (Å²) in [5.74, 6) is 4.85. The predicted molar refractivity (Wildman–Crippen MR) is 183 cm³/mol. The molecule has 3 N–H and O–H groups in total. The maximum absolute atomic E-state index is 9.14. The van der Waals surface area contributed by atoms with Crippen molar-refractivity contribution in [2.75, 3.05) is 68.7 Å². The summed E-state index contributed by atoms with van der Waals surface area (Å²) in [6.45, 7) is 17.4. The zero-order valence-corrected chi connectivity index (χ0v) is 28.7. The Kier molecular flexibility index (Phi) is 8.85. The quantitative estimate of drug-likeness (QED) is 0.174. The van der Waals surface area contributed by atoms with Gasteiger partial charge in [0.2, 0.25) is 5.95 Å². The van der Waals surface area contributed by atoms with Crippen LogP contribution in [0.15, 0.2) is 30.3 Å². The van der Waals surface area contributed by atoms with Crippen LogP contribution < -0.4 is 25.6 Å². The molecule has 9 nitrogen and oxygen atoms in total. The summed E-state index contributed by atoms with van der Waals surface area (Å²) in [5, 5.41) is 3.36. The number of nitrogens with zero attached hydrogens (tertiary/aromatic N) is 6. The summed E-state index contributed by atoms with van der Waals surface area (Å²) in [4.78, 5) is 21.0. The molecular weight excluding hydrogens is 553 g/mol. The Labute approximate surface area is 260 Å². The van der Waals surface area contributed by atoms with Crippen molar-refractivity contribution in [2.45, 2.75) is 58.7 Å². The van der Waals surface area contributed by atoms with Gasteiger partial charge in [0, 0.05) is 44.2 Å². The molecule has 0 bridgehead atoms. The number of pyridine rings is 1. The smallest absolute Gasteiger partial charge is 0.229 e. The van der Waals surface area contributed by atoms with Crippen molar-refractivity contribution >= 4 is 42.6 Å². The van der Waals surface area contributed by atoms with Crippen molar-refractivity contribution in [3.8, 4) is 17.2 Å². The van der Waals surface area contributed by atoms with Crippen molar-refractivity contribution in [1.82, 2.24) is 19.9 Å². The number of aromatic nitrogens is 3. The van der Waals surface area contributed by atoms with Crippen LogP contribution in [0.2, 0.25) is 19.6 Å². The van der Waals surface area contributed by atoms with Gasteiger partial charge in [-0.2, -0.15) is 4.98 Å². The Morgan fingerprint density at radius 2 is 1.86 bits per heavy atom. The fraction of sp³-hybridized carbons (Fsp3) is 0.485. The predicted octanol–water partition coefficient (Wildman–Crippen LogP) is 5.99. The van der Waals surface area contributed by atoms with E-state index in [9.17, 15) is 0 Å². The first-order chi connectivity index (χ1) is 20.5. The van der Waals surface area contributed by atoms with E-state index in [4.69, 9.17) is 26.8 Å². The Morgan fingerprint density at radius 1 is 1.14 bits per heavy atom. The normalized spacial score (nSPS) is 14.3. The summed E-state index contributed by atoms with van der Waals surface area (Å²) >= 11 is 0. The number of fused-ring (bicyclic) bond motifs is 1. The second kappa shape index (κ2) is 12.4. The second-order valence-electron chi connectivity index (χ2n) is 13.5. The molecule has 1 aliphatic heterocycles. The fourth-order valence-corrected chi connectivity index (χ4v) is 5.38. The highest BCUT2D eigenvalue weighted by atomic mass is 28.3. The van der Waals surface area contributed by atoms with Crippen LogP contribution in [-0.4, -0.2) is 75.8 Å². The maximum Gasteiger partial charge on any atom is 0.229 e. The molecule has 0 radical (unpaired) electrons. The lowest BCUT2D eigenvalue weighted by Crippen LogP contribution is -2.29.